The van der Waals surface area contributed by atoms with Crippen molar-refractivity contribution in [1.29, 1.82) is 5.26 Å². The lowest BCUT2D eigenvalue weighted by atomic mass is 10.3. The molecule has 2 aromatic carbocycles. The van der Waals surface area contributed by atoms with E-state index in [1.165, 1.54) is 22.7 Å². The van der Waals surface area contributed by atoms with Crippen LogP contribution in [0.3, 0.4) is 0 Å². The third-order valence-electron chi connectivity index (χ3n) is 3.62. The van der Waals surface area contributed by atoms with Crippen LogP contribution in [0.1, 0.15) is 9.75 Å². The van der Waals surface area contributed by atoms with Gasteiger partial charge in [-0.25, -0.2) is 4.99 Å². The van der Waals surface area contributed by atoms with Crippen LogP contribution in [0.4, 0.5) is 11.4 Å². The summed E-state index contributed by atoms with van der Waals surface area (Å²) in [5, 5.41) is 10.5. The maximum Gasteiger partial charge on any atom is 0.141 e. The molecule has 0 saturated heterocycles. The molecule has 0 atom stereocenters. The van der Waals surface area contributed by atoms with E-state index in [9.17, 15) is 0 Å². The van der Waals surface area contributed by atoms with Gasteiger partial charge < -0.3 is 11.5 Å². The van der Waals surface area contributed by atoms with E-state index < -0.39 is 0 Å². The van der Waals surface area contributed by atoms with E-state index >= 15 is 0 Å². The van der Waals surface area contributed by atoms with Crippen molar-refractivity contribution in [1.82, 2.24) is 0 Å². The predicted molar refractivity (Wildman–Crippen MR) is 156 cm³/mol. The van der Waals surface area contributed by atoms with Gasteiger partial charge in [0, 0.05) is 10.0 Å². The van der Waals surface area contributed by atoms with Crippen molar-refractivity contribution >= 4 is 118 Å². The minimum atomic E-state index is 0.421. The molecule has 4 N–H and O–H groups in total. The number of hydrogen-bond acceptors (Lipinski definition) is 5. The van der Waals surface area contributed by atoms with Crippen molar-refractivity contribution in [3.05, 3.63) is 98.1 Å². The third-order valence-corrected chi connectivity index (χ3v) is 7.92. The average molecular weight is 700 g/mol. The molecule has 0 aliphatic rings. The molecule has 0 radical (unpaired) electrons. The largest absolute Gasteiger partial charge is 0.397 e. The van der Waals surface area contributed by atoms with Gasteiger partial charge in [-0.05, 0) is 92.5 Å². The van der Waals surface area contributed by atoms with Gasteiger partial charge in [0.05, 0.1) is 33.9 Å². The molecule has 0 amide bonds. The molecule has 0 aliphatic carbocycles. The van der Waals surface area contributed by atoms with Crippen LogP contribution in [0.15, 0.2) is 73.2 Å². The van der Waals surface area contributed by atoms with E-state index in [0.29, 0.717) is 37.3 Å². The lowest BCUT2D eigenvalue weighted by Crippen LogP contribution is -2.10. The Kier molecular flexibility index (Phi) is 12.2. The molecular weight excluding hydrogens is 686 g/mol. The molecule has 2 aromatic heterocycles. The van der Waals surface area contributed by atoms with Gasteiger partial charge in [-0.15, -0.1) is 22.7 Å². The van der Waals surface area contributed by atoms with Crippen LogP contribution in [0.2, 0.25) is 20.1 Å². The number of hydrogen-bond donors (Lipinski definition) is 2. The number of thiophene rings is 2. The second-order valence-electron chi connectivity index (χ2n) is 6.08. The number of halogens is 6. The maximum absolute atomic E-state index is 8.29. The van der Waals surface area contributed by atoms with E-state index in [0.717, 1.165) is 17.3 Å². The fourth-order valence-electron chi connectivity index (χ4n) is 2.10. The van der Waals surface area contributed by atoms with Crippen LogP contribution in [0.5, 0.6) is 0 Å². The van der Waals surface area contributed by atoms with Gasteiger partial charge in [-0.3, -0.25) is 0 Å². The Morgan fingerprint density at radius 1 is 0.824 bits per heavy atom. The predicted octanol–water partition coefficient (Wildman–Crippen LogP) is 9.81. The minimum Gasteiger partial charge on any atom is -0.397 e. The average Bonchev–Trinajstić information content (AvgIpc) is 3.42. The first-order valence-corrected chi connectivity index (χ1v) is 13.7. The van der Waals surface area contributed by atoms with Crippen LogP contribution < -0.4 is 11.5 Å². The Balaban J connectivity index is 0.000000201. The molecule has 0 aliphatic heterocycles. The molecule has 0 fully saturated rings. The number of rotatable bonds is 2. The molecule has 4 aromatic rings. The summed E-state index contributed by atoms with van der Waals surface area (Å²) >= 11 is 32.6. The van der Waals surface area contributed by atoms with Crippen molar-refractivity contribution in [3.63, 3.8) is 0 Å². The Bertz CT molecular complexity index is 1330. The van der Waals surface area contributed by atoms with Gasteiger partial charge >= 0.3 is 0 Å². The molecule has 4 rings (SSSR count). The first kappa shape index (κ1) is 29.0. The van der Waals surface area contributed by atoms with Crippen LogP contribution in [-0.2, 0) is 0 Å². The first-order chi connectivity index (χ1) is 16.1. The van der Waals surface area contributed by atoms with Crippen LogP contribution in [0.25, 0.3) is 0 Å². The normalized spacial score (nSPS) is 10.4. The topological polar surface area (TPSA) is 88.2 Å². The van der Waals surface area contributed by atoms with E-state index in [1.807, 2.05) is 24.3 Å². The van der Waals surface area contributed by atoms with Gasteiger partial charge in [0.1, 0.15) is 16.8 Å². The van der Waals surface area contributed by atoms with Crippen molar-refractivity contribution in [2.45, 2.75) is 0 Å². The van der Waals surface area contributed by atoms with Crippen molar-refractivity contribution in [2.24, 2.45) is 10.7 Å². The Morgan fingerprint density at radius 3 is 1.88 bits per heavy atom. The highest BCUT2D eigenvalue weighted by molar-refractivity contribution is 9.11. The number of nitrogen functional groups attached to an aromatic ring is 1. The number of aliphatic imine (C=N–C) groups is 1. The number of nitrogens with two attached hydrogens (primary N) is 2. The minimum absolute atomic E-state index is 0.421. The second-order valence-corrected chi connectivity index (χ2v) is 12.7. The third kappa shape index (κ3) is 9.76. The molecule has 0 bridgehead atoms. The Labute approximate surface area is 242 Å². The molecule has 4 nitrogen and oxygen atoms in total. The summed E-state index contributed by atoms with van der Waals surface area (Å²) in [5.74, 6) is 0.421. The lowest BCUT2D eigenvalue weighted by molar-refractivity contribution is 1.47. The van der Waals surface area contributed by atoms with E-state index in [-0.39, 0.29) is 0 Å². The van der Waals surface area contributed by atoms with Crippen molar-refractivity contribution < 1.29 is 0 Å². The van der Waals surface area contributed by atoms with Gasteiger partial charge in [-0.2, -0.15) is 5.26 Å². The van der Waals surface area contributed by atoms with Gasteiger partial charge in [0.15, 0.2) is 0 Å². The molecule has 34 heavy (non-hydrogen) atoms. The van der Waals surface area contributed by atoms with Gasteiger partial charge in [-0.1, -0.05) is 46.4 Å². The Hall–Kier alpha value is -1.28. The highest BCUT2D eigenvalue weighted by Gasteiger charge is 2.05. The fourth-order valence-corrected chi connectivity index (χ4v) is 5.19. The molecular formula is C22H14Br2Cl4N4S2. The second kappa shape index (κ2) is 14.3. The summed E-state index contributed by atoms with van der Waals surface area (Å²) in [4.78, 5) is 5.90. The van der Waals surface area contributed by atoms with Crippen molar-refractivity contribution in [2.75, 3.05) is 5.73 Å². The zero-order valence-corrected chi connectivity index (χ0v) is 24.7. The summed E-state index contributed by atoms with van der Waals surface area (Å²) < 4.78 is 2.01. The first-order valence-electron chi connectivity index (χ1n) is 9.00. The quantitative estimate of drug-likeness (QED) is 0.124. The smallest absolute Gasteiger partial charge is 0.141 e. The highest BCUT2D eigenvalue weighted by Crippen LogP contribution is 2.29. The lowest BCUT2D eigenvalue weighted by Gasteiger charge is -2.01. The van der Waals surface area contributed by atoms with E-state index in [2.05, 4.69) is 36.9 Å². The number of anilines is 1. The molecule has 2 heterocycles. The summed E-state index contributed by atoms with van der Waals surface area (Å²) in [5.41, 5.74) is 12.4. The molecule has 12 heteroatoms. The fraction of sp³-hybridized carbons (Fsp3) is 0. The number of amidine groups is 1. The summed E-state index contributed by atoms with van der Waals surface area (Å²) in [6.45, 7) is 0. The summed E-state index contributed by atoms with van der Waals surface area (Å²) in [6, 6.07) is 19.6. The zero-order valence-electron chi connectivity index (χ0n) is 16.9. The van der Waals surface area contributed by atoms with Crippen LogP contribution in [0, 0.1) is 11.3 Å². The molecule has 0 spiro atoms. The molecule has 0 unspecified atom stereocenters. The Morgan fingerprint density at radius 2 is 1.41 bits per heavy atom. The standard InChI is InChI=1S/C11H7BrCl2N2S.C6H5Cl2N.C5H2BrNS/c12-10-4-3-9(17-10)11(15)16-8-5-6(13)1-2-7(8)14;7-4-1-2-5(8)6(9)3-4;6-5-2-1-4(3-7)8-5/h1-5H,(H2,15,16);1-3H,9H2;1-2H. The van der Waals surface area contributed by atoms with Crippen LogP contribution in [-0.4, -0.2) is 5.84 Å². The maximum atomic E-state index is 8.29. The van der Waals surface area contributed by atoms with Gasteiger partial charge in [0.25, 0.3) is 0 Å². The van der Waals surface area contributed by atoms with Crippen molar-refractivity contribution in [3.8, 4) is 6.07 Å². The number of nitrogens with zero attached hydrogens (tertiary/aromatic N) is 2. The molecule has 0 saturated carbocycles. The zero-order chi connectivity index (χ0) is 25.3. The van der Waals surface area contributed by atoms with Gasteiger partial charge in [0.2, 0.25) is 0 Å². The number of nitriles is 1. The van der Waals surface area contributed by atoms with Crippen LogP contribution >= 0.6 is 101 Å². The number of benzene rings is 2. The summed E-state index contributed by atoms with van der Waals surface area (Å²) in [7, 11) is 0. The highest BCUT2D eigenvalue weighted by atomic mass is 79.9. The SMILES string of the molecule is N#Cc1ccc(Br)s1.NC(=Nc1cc(Cl)ccc1Cl)c1ccc(Br)s1.Nc1cc(Cl)ccc1Cl. The molecule has 176 valence electrons. The van der Waals surface area contributed by atoms with E-state index in [4.69, 9.17) is 63.1 Å². The monoisotopic (exact) mass is 696 g/mol. The van der Waals surface area contributed by atoms with E-state index in [1.54, 1.807) is 42.5 Å². The summed E-state index contributed by atoms with van der Waals surface area (Å²) in [6.07, 6.45) is 0.